The first-order valence-electron chi connectivity index (χ1n) is 10.1. The summed E-state index contributed by atoms with van der Waals surface area (Å²) in [5, 5.41) is 2.81. The van der Waals surface area contributed by atoms with Gasteiger partial charge in [0, 0.05) is 36.2 Å². The maximum atomic E-state index is 13.2. The Morgan fingerprint density at radius 3 is 2.67 bits per heavy atom. The van der Waals surface area contributed by atoms with Gasteiger partial charge >= 0.3 is 0 Å². The van der Waals surface area contributed by atoms with Crippen LogP contribution in [-0.2, 0) is 19.3 Å². The number of halogens is 1. The highest BCUT2D eigenvalue weighted by Crippen LogP contribution is 2.22. The maximum Gasteiger partial charge on any atom is 0.268 e. The Hall–Kier alpha value is -3.35. The van der Waals surface area contributed by atoms with Gasteiger partial charge in [-0.3, -0.25) is 14.2 Å². The fourth-order valence-electron chi connectivity index (χ4n) is 3.88. The predicted molar refractivity (Wildman–Crippen MR) is 112 cm³/mol. The average Bonchev–Trinajstić information content (AvgIpc) is 3.18. The molecular formula is C23H23FN4O2. The number of aromatic nitrogens is 3. The number of hydrogen-bond acceptors (Lipinski definition) is 4. The van der Waals surface area contributed by atoms with Crippen molar-refractivity contribution in [3.05, 3.63) is 86.6 Å². The molecule has 1 N–H and O–H groups in total. The Labute approximate surface area is 173 Å². The third-order valence-corrected chi connectivity index (χ3v) is 5.45. The fourth-order valence-corrected chi connectivity index (χ4v) is 3.88. The highest BCUT2D eigenvalue weighted by molar-refractivity contribution is 5.95. The molecule has 1 amide bonds. The molecule has 1 aromatic carbocycles. The quantitative estimate of drug-likeness (QED) is 0.707. The van der Waals surface area contributed by atoms with Gasteiger partial charge in [-0.05, 0) is 74.6 Å². The molecule has 3 aromatic rings. The number of pyridine rings is 1. The van der Waals surface area contributed by atoms with Gasteiger partial charge in [0.25, 0.3) is 11.5 Å². The minimum Gasteiger partial charge on any atom is -0.351 e. The molecule has 0 fully saturated rings. The van der Waals surface area contributed by atoms with Crippen LogP contribution in [0.4, 0.5) is 4.39 Å². The van der Waals surface area contributed by atoms with Crippen molar-refractivity contribution in [2.45, 2.75) is 39.5 Å². The number of hydrogen-bond donors (Lipinski definition) is 1. The Morgan fingerprint density at radius 2 is 1.90 bits per heavy atom. The van der Waals surface area contributed by atoms with Gasteiger partial charge < -0.3 is 5.32 Å². The number of nitrogens with one attached hydrogen (secondary N) is 1. The van der Waals surface area contributed by atoms with Crippen LogP contribution in [0.3, 0.4) is 0 Å². The van der Waals surface area contributed by atoms with Crippen LogP contribution in [-0.4, -0.2) is 27.0 Å². The molecule has 154 valence electrons. The molecule has 0 atom stereocenters. The van der Waals surface area contributed by atoms with E-state index in [-0.39, 0.29) is 11.4 Å². The lowest BCUT2D eigenvalue weighted by atomic mass is 10.1. The highest BCUT2D eigenvalue weighted by atomic mass is 19.1. The van der Waals surface area contributed by atoms with E-state index in [0.29, 0.717) is 30.0 Å². The van der Waals surface area contributed by atoms with E-state index >= 15 is 0 Å². The van der Waals surface area contributed by atoms with E-state index in [2.05, 4.69) is 15.3 Å². The SMILES string of the molecule is Cc1ccn(-c2ccc(F)cc2)c(=O)c1C(=O)NCCc1nc(C)c2c(n1)CCC2. The summed E-state index contributed by atoms with van der Waals surface area (Å²) in [6.45, 7) is 4.05. The van der Waals surface area contributed by atoms with Crippen LogP contribution >= 0.6 is 0 Å². The molecule has 0 saturated carbocycles. The van der Waals surface area contributed by atoms with Crippen molar-refractivity contribution in [3.63, 3.8) is 0 Å². The molecular weight excluding hydrogens is 383 g/mol. The second-order valence-corrected chi connectivity index (χ2v) is 7.54. The minimum absolute atomic E-state index is 0.0767. The number of fused-ring (bicyclic) bond motifs is 1. The summed E-state index contributed by atoms with van der Waals surface area (Å²) in [4.78, 5) is 34.8. The number of carbonyl (C=O) groups is 1. The summed E-state index contributed by atoms with van der Waals surface area (Å²) in [5.74, 6) is -0.116. The van der Waals surface area contributed by atoms with Gasteiger partial charge in [-0.1, -0.05) is 0 Å². The highest BCUT2D eigenvalue weighted by Gasteiger charge is 2.18. The maximum absolute atomic E-state index is 13.2. The zero-order chi connectivity index (χ0) is 21.3. The molecule has 6 nitrogen and oxygen atoms in total. The molecule has 1 aliphatic carbocycles. The van der Waals surface area contributed by atoms with E-state index in [1.807, 2.05) is 6.92 Å². The van der Waals surface area contributed by atoms with E-state index in [4.69, 9.17) is 0 Å². The standard InChI is InChI=1S/C23H23FN4O2/c1-14-11-13-28(17-8-6-16(24)7-9-17)23(30)21(14)22(29)25-12-10-20-26-15(2)18-4-3-5-19(18)27-20/h6-9,11,13H,3-5,10,12H2,1-2H3,(H,25,29). The predicted octanol–water partition coefficient (Wildman–Crippen LogP) is 2.84. The van der Waals surface area contributed by atoms with E-state index in [1.165, 1.54) is 34.4 Å². The lowest BCUT2D eigenvalue weighted by Crippen LogP contribution is -2.34. The number of rotatable bonds is 5. The topological polar surface area (TPSA) is 76.9 Å². The Balaban J connectivity index is 1.50. The van der Waals surface area contributed by atoms with Crippen molar-refractivity contribution in [1.82, 2.24) is 19.9 Å². The molecule has 2 aromatic heterocycles. The molecule has 4 rings (SSSR count). The second-order valence-electron chi connectivity index (χ2n) is 7.54. The summed E-state index contributed by atoms with van der Waals surface area (Å²) in [5.41, 5.74) is 4.10. The van der Waals surface area contributed by atoms with Crippen LogP contribution in [0, 0.1) is 19.7 Å². The molecule has 2 heterocycles. The average molecular weight is 406 g/mol. The van der Waals surface area contributed by atoms with Gasteiger partial charge in [-0.2, -0.15) is 0 Å². The summed E-state index contributed by atoms with van der Waals surface area (Å²) in [6.07, 6.45) is 5.20. The van der Waals surface area contributed by atoms with Crippen LogP contribution in [0.25, 0.3) is 5.69 Å². The van der Waals surface area contributed by atoms with Gasteiger partial charge in [0.15, 0.2) is 0 Å². The fraction of sp³-hybridized carbons (Fsp3) is 0.304. The van der Waals surface area contributed by atoms with Crippen LogP contribution in [0.1, 0.15) is 45.1 Å². The number of amides is 1. The summed E-state index contributed by atoms with van der Waals surface area (Å²) >= 11 is 0. The zero-order valence-corrected chi connectivity index (χ0v) is 17.0. The Bertz CT molecular complexity index is 1170. The van der Waals surface area contributed by atoms with Crippen molar-refractivity contribution >= 4 is 5.91 Å². The van der Waals surface area contributed by atoms with Crippen molar-refractivity contribution < 1.29 is 9.18 Å². The summed E-state index contributed by atoms with van der Waals surface area (Å²) in [6, 6.07) is 7.26. The Morgan fingerprint density at radius 1 is 1.13 bits per heavy atom. The van der Waals surface area contributed by atoms with Gasteiger partial charge in [0.2, 0.25) is 0 Å². The zero-order valence-electron chi connectivity index (χ0n) is 17.0. The largest absolute Gasteiger partial charge is 0.351 e. The van der Waals surface area contributed by atoms with Gasteiger partial charge in [0.05, 0.1) is 0 Å². The monoisotopic (exact) mass is 406 g/mol. The van der Waals surface area contributed by atoms with E-state index in [1.54, 1.807) is 19.2 Å². The van der Waals surface area contributed by atoms with Gasteiger partial charge in [0.1, 0.15) is 17.2 Å². The van der Waals surface area contributed by atoms with Crippen molar-refractivity contribution in [2.24, 2.45) is 0 Å². The number of benzene rings is 1. The first kappa shape index (κ1) is 19.9. The lowest BCUT2D eigenvalue weighted by Gasteiger charge is -2.12. The third-order valence-electron chi connectivity index (χ3n) is 5.45. The molecule has 1 aliphatic rings. The molecule has 0 unspecified atom stereocenters. The normalized spacial score (nSPS) is 12.6. The van der Waals surface area contributed by atoms with Crippen LogP contribution in [0.5, 0.6) is 0 Å². The number of aryl methyl sites for hydroxylation is 3. The van der Waals surface area contributed by atoms with Gasteiger partial charge in [-0.15, -0.1) is 0 Å². The van der Waals surface area contributed by atoms with E-state index in [0.717, 1.165) is 30.7 Å². The first-order chi connectivity index (χ1) is 14.4. The number of nitrogens with zero attached hydrogens (tertiary/aromatic N) is 3. The lowest BCUT2D eigenvalue weighted by molar-refractivity contribution is 0.0951. The van der Waals surface area contributed by atoms with Crippen molar-refractivity contribution in [2.75, 3.05) is 6.54 Å². The van der Waals surface area contributed by atoms with Crippen LogP contribution in [0.2, 0.25) is 0 Å². The smallest absolute Gasteiger partial charge is 0.268 e. The van der Waals surface area contributed by atoms with E-state index in [9.17, 15) is 14.0 Å². The van der Waals surface area contributed by atoms with Crippen molar-refractivity contribution in [3.8, 4) is 5.69 Å². The van der Waals surface area contributed by atoms with Crippen LogP contribution < -0.4 is 10.9 Å². The number of carbonyl (C=O) groups excluding carboxylic acids is 1. The summed E-state index contributed by atoms with van der Waals surface area (Å²) < 4.78 is 14.5. The van der Waals surface area contributed by atoms with E-state index < -0.39 is 11.5 Å². The van der Waals surface area contributed by atoms with Gasteiger partial charge in [-0.25, -0.2) is 14.4 Å². The molecule has 0 radical (unpaired) electrons. The minimum atomic E-state index is -0.441. The summed E-state index contributed by atoms with van der Waals surface area (Å²) in [7, 11) is 0. The Kier molecular flexibility index (Phi) is 5.44. The molecule has 0 aliphatic heterocycles. The first-order valence-corrected chi connectivity index (χ1v) is 10.1. The van der Waals surface area contributed by atoms with Crippen molar-refractivity contribution in [1.29, 1.82) is 0 Å². The molecule has 0 spiro atoms. The molecule has 30 heavy (non-hydrogen) atoms. The second kappa shape index (κ2) is 8.18. The molecule has 0 bridgehead atoms. The molecule has 7 heteroatoms. The van der Waals surface area contributed by atoms with Crippen LogP contribution in [0.15, 0.2) is 41.3 Å². The molecule has 0 saturated heterocycles. The third kappa shape index (κ3) is 3.87.